The highest BCUT2D eigenvalue weighted by molar-refractivity contribution is 6.31. The lowest BCUT2D eigenvalue weighted by Gasteiger charge is -2.19. The maximum absolute atomic E-state index is 13.9. The van der Waals surface area contributed by atoms with Gasteiger partial charge in [-0.15, -0.1) is 0 Å². The van der Waals surface area contributed by atoms with Crippen molar-refractivity contribution in [3.8, 4) is 23.0 Å². The molecule has 0 saturated carbocycles. The van der Waals surface area contributed by atoms with Crippen LogP contribution in [0.25, 0.3) is 16.8 Å². The molecule has 0 unspecified atom stereocenters. The summed E-state index contributed by atoms with van der Waals surface area (Å²) >= 11 is 0. The van der Waals surface area contributed by atoms with Crippen molar-refractivity contribution in [1.82, 2.24) is 16.0 Å². The molecular formula is C61H93N3O8. The maximum atomic E-state index is 13.9. The van der Waals surface area contributed by atoms with Crippen LogP contribution < -0.4 is 34.9 Å². The number of urea groups is 1. The number of hydrogen-bond donors (Lipinski definition) is 3. The molecule has 1 aliphatic rings. The number of carbonyl (C=O) groups is 4. The lowest BCUT2D eigenvalue weighted by molar-refractivity contribution is -0.123. The standard InChI is InChI=1S/C61H93N3O8/c1-4-7-10-13-16-19-22-25-28-33-42-70-55-47-50(48-56(71-43-34-29-26-23-20-17-14-11-8-5-2)57(55)72-44-35-30-27-24-21-18-15-12-9-6-3)58(65)62-41-36-45-69-54-40-39-49(51-37-31-32-38-52(51)54)46-53-59(66)63-61(68)64-60(53)67/h31-32,37-40,46-48H,4-30,33-36,41-45H2,1-3H3,(H,62,65)(H2,63,64,66,67,68). The van der Waals surface area contributed by atoms with E-state index in [2.05, 4.69) is 36.7 Å². The second kappa shape index (κ2) is 37.7. The zero-order valence-electron chi connectivity index (χ0n) is 44.9. The van der Waals surface area contributed by atoms with Crippen LogP contribution >= 0.6 is 0 Å². The molecule has 400 valence electrons. The molecule has 0 aromatic heterocycles. The summed E-state index contributed by atoms with van der Waals surface area (Å²) in [6.07, 6.45) is 39.3. The second-order valence-corrected chi connectivity index (χ2v) is 19.8. The van der Waals surface area contributed by atoms with Crippen LogP contribution in [0.1, 0.15) is 236 Å². The summed E-state index contributed by atoms with van der Waals surface area (Å²) in [7, 11) is 0. The molecule has 3 N–H and O–H groups in total. The predicted molar refractivity (Wildman–Crippen MR) is 295 cm³/mol. The van der Waals surface area contributed by atoms with Gasteiger partial charge >= 0.3 is 6.03 Å². The van der Waals surface area contributed by atoms with Crippen LogP contribution in [0.2, 0.25) is 0 Å². The minimum atomic E-state index is -0.841. The number of barbiturate groups is 1. The molecule has 0 radical (unpaired) electrons. The smallest absolute Gasteiger partial charge is 0.328 e. The Hall–Kier alpha value is -5.06. The molecular weight excluding hydrogens is 903 g/mol. The average molecular weight is 996 g/mol. The van der Waals surface area contributed by atoms with Crippen molar-refractivity contribution in [2.75, 3.05) is 33.0 Å². The highest BCUT2D eigenvalue weighted by Crippen LogP contribution is 2.40. The lowest BCUT2D eigenvalue weighted by Crippen LogP contribution is -2.51. The largest absolute Gasteiger partial charge is 0.493 e. The quantitative estimate of drug-likeness (QED) is 0.0289. The van der Waals surface area contributed by atoms with Gasteiger partial charge in [-0.3, -0.25) is 25.0 Å². The number of rotatable bonds is 43. The van der Waals surface area contributed by atoms with Gasteiger partial charge in [-0.1, -0.05) is 224 Å². The van der Waals surface area contributed by atoms with Gasteiger partial charge in [0.25, 0.3) is 17.7 Å². The van der Waals surface area contributed by atoms with Crippen LogP contribution in [0.5, 0.6) is 23.0 Å². The number of fused-ring (bicyclic) bond motifs is 1. The minimum absolute atomic E-state index is 0.156. The van der Waals surface area contributed by atoms with Crippen LogP contribution in [0, 0.1) is 0 Å². The van der Waals surface area contributed by atoms with Crippen molar-refractivity contribution in [3.05, 3.63) is 65.2 Å². The highest BCUT2D eigenvalue weighted by atomic mass is 16.5. The zero-order valence-corrected chi connectivity index (χ0v) is 44.9. The van der Waals surface area contributed by atoms with Crippen molar-refractivity contribution in [2.24, 2.45) is 0 Å². The number of hydrogen-bond acceptors (Lipinski definition) is 8. The number of imide groups is 2. The van der Waals surface area contributed by atoms with Gasteiger partial charge < -0.3 is 24.3 Å². The molecule has 1 aliphatic heterocycles. The number of nitrogens with one attached hydrogen (secondary N) is 3. The Morgan fingerprint density at radius 3 is 1.31 bits per heavy atom. The van der Waals surface area contributed by atoms with Gasteiger partial charge in [-0.05, 0) is 60.9 Å². The second-order valence-electron chi connectivity index (χ2n) is 19.8. The molecule has 0 atom stereocenters. The van der Waals surface area contributed by atoms with Crippen molar-refractivity contribution in [3.63, 3.8) is 0 Å². The molecule has 1 heterocycles. The summed E-state index contributed by atoms with van der Waals surface area (Å²) in [6, 6.07) is 13.9. The Labute approximate surface area is 434 Å². The van der Waals surface area contributed by atoms with E-state index in [0.29, 0.717) is 73.5 Å². The van der Waals surface area contributed by atoms with Crippen LogP contribution in [-0.2, 0) is 9.59 Å². The summed E-state index contributed by atoms with van der Waals surface area (Å²) in [5, 5.41) is 8.92. The summed E-state index contributed by atoms with van der Waals surface area (Å²) in [5.41, 5.74) is 0.948. The third kappa shape index (κ3) is 23.7. The first-order valence-corrected chi connectivity index (χ1v) is 28.7. The van der Waals surface area contributed by atoms with Gasteiger partial charge in [0, 0.05) is 17.5 Å². The topological polar surface area (TPSA) is 141 Å². The van der Waals surface area contributed by atoms with Crippen molar-refractivity contribution in [2.45, 2.75) is 220 Å². The van der Waals surface area contributed by atoms with E-state index >= 15 is 0 Å². The van der Waals surface area contributed by atoms with Crippen LogP contribution in [0.3, 0.4) is 0 Å². The fraction of sp³-hybridized carbons (Fsp3) is 0.639. The lowest BCUT2D eigenvalue weighted by atomic mass is 10.0. The van der Waals surface area contributed by atoms with Gasteiger partial charge in [0.15, 0.2) is 11.5 Å². The molecule has 3 aromatic carbocycles. The van der Waals surface area contributed by atoms with E-state index in [9.17, 15) is 19.2 Å². The molecule has 5 amide bonds. The Balaban J connectivity index is 1.39. The van der Waals surface area contributed by atoms with Gasteiger partial charge in [0.1, 0.15) is 11.3 Å². The molecule has 0 bridgehead atoms. The van der Waals surface area contributed by atoms with E-state index in [4.69, 9.17) is 18.9 Å². The maximum Gasteiger partial charge on any atom is 0.328 e. The van der Waals surface area contributed by atoms with Gasteiger partial charge in [0.05, 0.1) is 26.4 Å². The summed E-state index contributed by atoms with van der Waals surface area (Å²) in [6.45, 7) is 9.17. The van der Waals surface area contributed by atoms with E-state index in [1.165, 1.54) is 160 Å². The Morgan fingerprint density at radius 1 is 0.458 bits per heavy atom. The van der Waals surface area contributed by atoms with Gasteiger partial charge in [0.2, 0.25) is 5.75 Å². The molecule has 11 heteroatoms. The summed E-state index contributed by atoms with van der Waals surface area (Å²) in [5.74, 6) is 0.649. The predicted octanol–water partition coefficient (Wildman–Crippen LogP) is 15.7. The fourth-order valence-corrected chi connectivity index (χ4v) is 9.24. The van der Waals surface area contributed by atoms with Crippen molar-refractivity contribution in [1.29, 1.82) is 0 Å². The van der Waals surface area contributed by atoms with Crippen LogP contribution in [0.4, 0.5) is 4.79 Å². The summed E-state index contributed by atoms with van der Waals surface area (Å²) < 4.78 is 25.9. The first-order valence-electron chi connectivity index (χ1n) is 28.7. The van der Waals surface area contributed by atoms with E-state index < -0.39 is 17.8 Å². The van der Waals surface area contributed by atoms with E-state index in [1.807, 2.05) is 36.4 Å². The number of unbranched alkanes of at least 4 members (excludes halogenated alkanes) is 27. The number of amides is 5. The summed E-state index contributed by atoms with van der Waals surface area (Å²) in [4.78, 5) is 50.4. The minimum Gasteiger partial charge on any atom is -0.493 e. The fourth-order valence-electron chi connectivity index (χ4n) is 9.24. The molecule has 0 spiro atoms. The normalized spacial score (nSPS) is 12.5. The number of benzene rings is 3. The number of carbonyl (C=O) groups excluding carboxylic acids is 4. The third-order valence-corrected chi connectivity index (χ3v) is 13.6. The van der Waals surface area contributed by atoms with Gasteiger partial charge in [-0.25, -0.2) is 4.79 Å². The molecule has 11 nitrogen and oxygen atoms in total. The van der Waals surface area contributed by atoms with E-state index in [0.717, 1.165) is 49.3 Å². The average Bonchev–Trinajstić information content (AvgIpc) is 3.38. The molecule has 3 aromatic rings. The molecule has 72 heavy (non-hydrogen) atoms. The Morgan fingerprint density at radius 2 is 0.847 bits per heavy atom. The zero-order chi connectivity index (χ0) is 51.3. The van der Waals surface area contributed by atoms with Crippen molar-refractivity contribution >= 4 is 40.6 Å². The van der Waals surface area contributed by atoms with Crippen LogP contribution in [0.15, 0.2) is 54.1 Å². The molecule has 0 aliphatic carbocycles. The van der Waals surface area contributed by atoms with Crippen LogP contribution in [-0.4, -0.2) is 56.7 Å². The van der Waals surface area contributed by atoms with Gasteiger partial charge in [-0.2, -0.15) is 0 Å². The monoisotopic (exact) mass is 996 g/mol. The highest BCUT2D eigenvalue weighted by Gasteiger charge is 2.28. The molecule has 1 saturated heterocycles. The first kappa shape index (κ1) is 59.5. The molecule has 4 rings (SSSR count). The third-order valence-electron chi connectivity index (χ3n) is 13.6. The number of ether oxygens (including phenoxy) is 4. The molecule has 1 fully saturated rings. The Bertz CT molecular complexity index is 1980. The van der Waals surface area contributed by atoms with E-state index in [-0.39, 0.29) is 11.5 Å². The first-order chi connectivity index (χ1) is 35.4. The van der Waals surface area contributed by atoms with Crippen molar-refractivity contribution < 1.29 is 38.1 Å². The SMILES string of the molecule is CCCCCCCCCCCCOc1cc(C(=O)NCCCOc2ccc(C=C3C(=O)NC(=O)NC3=O)c3ccccc23)cc(OCCCCCCCCCCCC)c1OCCCCCCCCCCCC. The Kier molecular flexibility index (Phi) is 31.1. The van der Waals surface area contributed by atoms with E-state index in [1.54, 1.807) is 12.1 Å².